The Kier molecular flexibility index (Phi) is 5.77. The van der Waals surface area contributed by atoms with E-state index in [0.717, 1.165) is 16.9 Å². The zero-order valence-electron chi connectivity index (χ0n) is 18.5. The van der Waals surface area contributed by atoms with Gasteiger partial charge < -0.3 is 10.1 Å². The van der Waals surface area contributed by atoms with Crippen LogP contribution in [0.15, 0.2) is 59.5 Å². The van der Waals surface area contributed by atoms with Crippen LogP contribution in [0.2, 0.25) is 0 Å². The third kappa shape index (κ3) is 3.99. The number of aryl methyl sites for hydroxylation is 1. The average Bonchev–Trinajstić information content (AvgIpc) is 3.21. The number of hydrogen-bond donors (Lipinski definition) is 1. The number of para-hydroxylation sites is 1. The van der Waals surface area contributed by atoms with Crippen molar-refractivity contribution in [2.45, 2.75) is 33.2 Å². The number of nitrogens with zero attached hydrogens (tertiary/aromatic N) is 4. The maximum absolute atomic E-state index is 13.4. The Morgan fingerprint density at radius 2 is 1.84 bits per heavy atom. The van der Waals surface area contributed by atoms with Gasteiger partial charge in [0.05, 0.1) is 24.7 Å². The van der Waals surface area contributed by atoms with E-state index in [2.05, 4.69) is 15.5 Å². The van der Waals surface area contributed by atoms with Crippen molar-refractivity contribution in [2.24, 2.45) is 0 Å². The Hall–Kier alpha value is -3.94. The molecule has 0 atom stereocenters. The second-order valence-corrected chi connectivity index (χ2v) is 7.88. The lowest BCUT2D eigenvalue weighted by Crippen LogP contribution is -2.31. The minimum atomic E-state index is -0.366. The van der Waals surface area contributed by atoms with Gasteiger partial charge in [0.25, 0.3) is 5.56 Å². The van der Waals surface area contributed by atoms with E-state index in [1.54, 1.807) is 42.3 Å². The minimum absolute atomic E-state index is 0.0449. The van der Waals surface area contributed by atoms with Gasteiger partial charge >= 0.3 is 0 Å². The SMILES string of the molecule is COc1ccc(NC(=O)Cn2nc(C(C)C)c3cnn(-c4ccccc4C)c3c2=O)cc1. The molecular formula is C24H25N5O3. The van der Waals surface area contributed by atoms with Crippen LogP contribution in [0, 0.1) is 6.92 Å². The number of benzene rings is 2. The zero-order chi connectivity index (χ0) is 22.8. The minimum Gasteiger partial charge on any atom is -0.497 e. The first-order valence-corrected chi connectivity index (χ1v) is 10.4. The molecule has 0 aliphatic rings. The van der Waals surface area contributed by atoms with Crippen LogP contribution in [0.4, 0.5) is 5.69 Å². The smallest absolute Gasteiger partial charge is 0.293 e. The van der Waals surface area contributed by atoms with Gasteiger partial charge in [-0.2, -0.15) is 10.2 Å². The summed E-state index contributed by atoms with van der Waals surface area (Å²) in [6.45, 7) is 5.76. The molecule has 0 fully saturated rings. The summed E-state index contributed by atoms with van der Waals surface area (Å²) in [7, 11) is 1.58. The third-order valence-electron chi connectivity index (χ3n) is 5.27. The molecule has 0 saturated carbocycles. The molecule has 4 aromatic rings. The van der Waals surface area contributed by atoms with Crippen LogP contribution in [0.25, 0.3) is 16.6 Å². The van der Waals surface area contributed by atoms with Crippen molar-refractivity contribution in [3.05, 3.63) is 76.3 Å². The summed E-state index contributed by atoms with van der Waals surface area (Å²) < 4.78 is 7.99. The molecule has 0 aliphatic heterocycles. The molecule has 0 radical (unpaired) electrons. The largest absolute Gasteiger partial charge is 0.497 e. The lowest BCUT2D eigenvalue weighted by atomic mass is 10.1. The number of carbonyl (C=O) groups excluding carboxylic acids is 1. The zero-order valence-corrected chi connectivity index (χ0v) is 18.5. The van der Waals surface area contributed by atoms with Gasteiger partial charge in [-0.25, -0.2) is 9.36 Å². The summed E-state index contributed by atoms with van der Waals surface area (Å²) in [5.41, 5.74) is 3.18. The molecule has 2 heterocycles. The number of nitrogens with one attached hydrogen (secondary N) is 1. The number of hydrogen-bond acceptors (Lipinski definition) is 5. The van der Waals surface area contributed by atoms with Crippen molar-refractivity contribution >= 4 is 22.5 Å². The van der Waals surface area contributed by atoms with Gasteiger partial charge in [-0.3, -0.25) is 9.59 Å². The molecule has 4 rings (SSSR count). The first kappa shape index (κ1) is 21.3. The number of ether oxygens (including phenoxy) is 1. The monoisotopic (exact) mass is 431 g/mol. The predicted molar refractivity (Wildman–Crippen MR) is 124 cm³/mol. The van der Waals surface area contributed by atoms with Crippen LogP contribution in [0.5, 0.6) is 5.75 Å². The molecule has 32 heavy (non-hydrogen) atoms. The molecule has 1 amide bonds. The van der Waals surface area contributed by atoms with Crippen LogP contribution in [0.1, 0.15) is 31.0 Å². The summed E-state index contributed by atoms with van der Waals surface area (Å²) in [6.07, 6.45) is 1.67. The molecular weight excluding hydrogens is 406 g/mol. The molecule has 1 N–H and O–H groups in total. The van der Waals surface area contributed by atoms with Gasteiger partial charge in [0.1, 0.15) is 17.8 Å². The van der Waals surface area contributed by atoms with Crippen molar-refractivity contribution in [2.75, 3.05) is 12.4 Å². The standard InChI is InChI=1S/C24H25N5O3/c1-15(2)22-19-13-25-29(20-8-6-5-7-16(20)3)23(19)24(31)28(27-22)14-21(30)26-17-9-11-18(32-4)12-10-17/h5-13,15H,14H2,1-4H3,(H,26,30). The average molecular weight is 431 g/mol. The summed E-state index contributed by atoms with van der Waals surface area (Å²) in [5, 5.41) is 12.5. The van der Waals surface area contributed by atoms with Crippen molar-refractivity contribution in [1.29, 1.82) is 0 Å². The Balaban J connectivity index is 1.75. The summed E-state index contributed by atoms with van der Waals surface area (Å²) in [5.74, 6) is 0.390. The maximum atomic E-state index is 13.4. The van der Waals surface area contributed by atoms with E-state index in [9.17, 15) is 9.59 Å². The lowest BCUT2D eigenvalue weighted by Gasteiger charge is -2.13. The molecule has 8 nitrogen and oxygen atoms in total. The second-order valence-electron chi connectivity index (χ2n) is 7.88. The van der Waals surface area contributed by atoms with Crippen LogP contribution in [0.3, 0.4) is 0 Å². The fourth-order valence-electron chi connectivity index (χ4n) is 3.62. The van der Waals surface area contributed by atoms with Gasteiger partial charge in [0.2, 0.25) is 5.91 Å². The highest BCUT2D eigenvalue weighted by molar-refractivity contribution is 5.91. The second kappa shape index (κ2) is 8.66. The fourth-order valence-corrected chi connectivity index (χ4v) is 3.62. The topological polar surface area (TPSA) is 91.0 Å². The number of anilines is 1. The van der Waals surface area contributed by atoms with E-state index >= 15 is 0 Å². The number of methoxy groups -OCH3 is 1. The highest BCUT2D eigenvalue weighted by Gasteiger charge is 2.20. The Bertz CT molecular complexity index is 1340. The Morgan fingerprint density at radius 1 is 1.12 bits per heavy atom. The fraction of sp³-hybridized carbons (Fsp3) is 0.250. The van der Waals surface area contributed by atoms with Crippen LogP contribution >= 0.6 is 0 Å². The third-order valence-corrected chi connectivity index (χ3v) is 5.27. The number of aromatic nitrogens is 4. The molecule has 8 heteroatoms. The maximum Gasteiger partial charge on any atom is 0.293 e. The first-order chi connectivity index (χ1) is 15.4. The molecule has 0 spiro atoms. The summed E-state index contributed by atoms with van der Waals surface area (Å²) in [6, 6.07) is 14.7. The van der Waals surface area contributed by atoms with Gasteiger partial charge in [-0.05, 0) is 48.7 Å². The molecule has 2 aromatic heterocycles. The number of rotatable bonds is 6. The normalized spacial score (nSPS) is 11.2. The predicted octanol–water partition coefficient (Wildman–Crippen LogP) is 3.66. The van der Waals surface area contributed by atoms with Crippen LogP contribution < -0.4 is 15.6 Å². The van der Waals surface area contributed by atoms with E-state index in [1.807, 2.05) is 45.0 Å². The molecule has 164 valence electrons. The van der Waals surface area contributed by atoms with E-state index in [-0.39, 0.29) is 23.9 Å². The van der Waals surface area contributed by atoms with Crippen LogP contribution in [-0.4, -0.2) is 32.6 Å². The number of carbonyl (C=O) groups is 1. The van der Waals surface area contributed by atoms with Crippen LogP contribution in [-0.2, 0) is 11.3 Å². The number of fused-ring (bicyclic) bond motifs is 1. The van der Waals surface area contributed by atoms with Gasteiger partial charge in [-0.15, -0.1) is 0 Å². The van der Waals surface area contributed by atoms with E-state index in [1.165, 1.54) is 4.68 Å². The Morgan fingerprint density at radius 3 is 2.50 bits per heavy atom. The molecule has 2 aromatic carbocycles. The van der Waals surface area contributed by atoms with Gasteiger partial charge in [0.15, 0.2) is 0 Å². The highest BCUT2D eigenvalue weighted by Crippen LogP contribution is 2.24. The van der Waals surface area contributed by atoms with Gasteiger partial charge in [-0.1, -0.05) is 32.0 Å². The van der Waals surface area contributed by atoms with Crippen molar-refractivity contribution < 1.29 is 9.53 Å². The molecule has 0 aliphatic carbocycles. The summed E-state index contributed by atoms with van der Waals surface area (Å²) in [4.78, 5) is 26.1. The Labute approximate surface area is 185 Å². The van der Waals surface area contributed by atoms with Crippen molar-refractivity contribution in [3.8, 4) is 11.4 Å². The summed E-state index contributed by atoms with van der Waals surface area (Å²) >= 11 is 0. The first-order valence-electron chi connectivity index (χ1n) is 10.4. The van der Waals surface area contributed by atoms with E-state index in [4.69, 9.17) is 4.74 Å². The van der Waals surface area contributed by atoms with Crippen molar-refractivity contribution in [1.82, 2.24) is 19.6 Å². The quantitative estimate of drug-likeness (QED) is 0.503. The molecule has 0 bridgehead atoms. The molecule has 0 saturated heterocycles. The lowest BCUT2D eigenvalue weighted by molar-refractivity contribution is -0.117. The molecule has 0 unspecified atom stereocenters. The van der Waals surface area contributed by atoms with E-state index < -0.39 is 0 Å². The van der Waals surface area contributed by atoms with Gasteiger partial charge in [0, 0.05) is 11.1 Å². The van der Waals surface area contributed by atoms with E-state index in [0.29, 0.717) is 22.3 Å². The van der Waals surface area contributed by atoms with Crippen molar-refractivity contribution in [3.63, 3.8) is 0 Å². The number of amides is 1. The highest BCUT2D eigenvalue weighted by atomic mass is 16.5.